The minimum Gasteiger partial charge on any atom is -0.350 e. The largest absolute Gasteiger partial charge is 0.350 e. The van der Waals surface area contributed by atoms with Gasteiger partial charge >= 0.3 is 0 Å². The predicted molar refractivity (Wildman–Crippen MR) is 51.7 cm³/mol. The summed E-state index contributed by atoms with van der Waals surface area (Å²) in [6.07, 6.45) is 2.15. The van der Waals surface area contributed by atoms with Crippen LogP contribution in [0.2, 0.25) is 0 Å². The van der Waals surface area contributed by atoms with E-state index in [4.69, 9.17) is 12.2 Å². The summed E-state index contributed by atoms with van der Waals surface area (Å²) in [5.74, 6) is 0.372. The molecule has 0 aliphatic carbocycles. The van der Waals surface area contributed by atoms with Crippen LogP contribution in [-0.4, -0.2) is 17.1 Å². The Morgan fingerprint density at radius 3 is 2.75 bits per heavy atom. The van der Waals surface area contributed by atoms with Gasteiger partial charge in [0.2, 0.25) is 5.91 Å². The highest BCUT2D eigenvalue weighted by atomic mass is 32.1. The summed E-state index contributed by atoms with van der Waals surface area (Å²) in [5, 5.41) is 6.01. The van der Waals surface area contributed by atoms with Crippen molar-refractivity contribution in [1.29, 1.82) is 0 Å². The standard InChI is InChI=1S/C8H14N2OS/c1-3-4-5(2)6-7(11)10-8(12)9-6/h5-6H,3-4H2,1-2H3,(H2,9,10,11,12). The molecule has 1 heterocycles. The molecule has 0 aromatic carbocycles. The summed E-state index contributed by atoms with van der Waals surface area (Å²) in [7, 11) is 0. The molecule has 0 aromatic heterocycles. The molecular weight excluding hydrogens is 172 g/mol. The molecule has 1 saturated heterocycles. The highest BCUT2D eigenvalue weighted by Gasteiger charge is 2.31. The molecule has 0 spiro atoms. The normalized spacial score (nSPS) is 25.0. The van der Waals surface area contributed by atoms with Crippen LogP contribution in [0.3, 0.4) is 0 Å². The van der Waals surface area contributed by atoms with E-state index in [1.54, 1.807) is 0 Å². The first-order chi connectivity index (χ1) is 5.65. The topological polar surface area (TPSA) is 41.1 Å². The lowest BCUT2D eigenvalue weighted by Gasteiger charge is -2.15. The van der Waals surface area contributed by atoms with Crippen LogP contribution < -0.4 is 10.6 Å². The second-order valence-corrected chi connectivity index (χ2v) is 3.61. The second kappa shape index (κ2) is 3.85. The van der Waals surface area contributed by atoms with Gasteiger partial charge in [-0.3, -0.25) is 4.79 Å². The van der Waals surface area contributed by atoms with Gasteiger partial charge in [-0.2, -0.15) is 0 Å². The zero-order valence-electron chi connectivity index (χ0n) is 7.39. The maximum absolute atomic E-state index is 11.2. The molecule has 1 aliphatic heterocycles. The van der Waals surface area contributed by atoms with Crippen molar-refractivity contribution in [2.45, 2.75) is 32.7 Å². The molecule has 12 heavy (non-hydrogen) atoms. The molecule has 0 saturated carbocycles. The van der Waals surface area contributed by atoms with Gasteiger partial charge < -0.3 is 10.6 Å². The van der Waals surface area contributed by atoms with Gasteiger partial charge in [-0.1, -0.05) is 20.3 Å². The average Bonchev–Trinajstić information content (AvgIpc) is 2.30. The third-order valence-electron chi connectivity index (χ3n) is 2.12. The van der Waals surface area contributed by atoms with Gasteiger partial charge in [0.25, 0.3) is 0 Å². The van der Waals surface area contributed by atoms with E-state index in [0.717, 1.165) is 12.8 Å². The van der Waals surface area contributed by atoms with Gasteiger partial charge in [-0.25, -0.2) is 0 Å². The van der Waals surface area contributed by atoms with Crippen LogP contribution in [0.5, 0.6) is 0 Å². The second-order valence-electron chi connectivity index (χ2n) is 3.21. The molecule has 4 heteroatoms. The number of hydrogen-bond donors (Lipinski definition) is 2. The van der Waals surface area contributed by atoms with E-state index in [-0.39, 0.29) is 11.9 Å². The molecular formula is C8H14N2OS. The smallest absolute Gasteiger partial charge is 0.248 e. The fraction of sp³-hybridized carbons (Fsp3) is 0.750. The molecule has 2 unspecified atom stereocenters. The molecule has 68 valence electrons. The molecule has 0 bridgehead atoms. The van der Waals surface area contributed by atoms with Gasteiger partial charge in [0, 0.05) is 0 Å². The minimum absolute atomic E-state index is 0.0148. The molecule has 1 rings (SSSR count). The number of carbonyl (C=O) groups excluding carboxylic acids is 1. The first kappa shape index (κ1) is 9.45. The van der Waals surface area contributed by atoms with E-state index in [1.165, 1.54) is 0 Å². The van der Waals surface area contributed by atoms with E-state index in [9.17, 15) is 4.79 Å². The third kappa shape index (κ3) is 1.94. The van der Waals surface area contributed by atoms with Crippen molar-refractivity contribution >= 4 is 23.2 Å². The Morgan fingerprint density at radius 2 is 2.33 bits per heavy atom. The van der Waals surface area contributed by atoms with Crippen LogP contribution in [-0.2, 0) is 4.79 Å². The molecule has 2 atom stereocenters. The van der Waals surface area contributed by atoms with E-state index in [1.807, 2.05) is 0 Å². The van der Waals surface area contributed by atoms with Crippen LogP contribution in [0.15, 0.2) is 0 Å². The Balaban J connectivity index is 2.51. The Hall–Kier alpha value is -0.640. The van der Waals surface area contributed by atoms with Crippen LogP contribution >= 0.6 is 12.2 Å². The minimum atomic E-state index is -0.113. The highest BCUT2D eigenvalue weighted by molar-refractivity contribution is 7.80. The lowest BCUT2D eigenvalue weighted by molar-refractivity contribution is -0.121. The van der Waals surface area contributed by atoms with Crippen molar-refractivity contribution in [2.24, 2.45) is 5.92 Å². The molecule has 1 fully saturated rings. The number of nitrogens with one attached hydrogen (secondary N) is 2. The number of amides is 1. The molecule has 0 aromatic rings. The van der Waals surface area contributed by atoms with E-state index in [0.29, 0.717) is 11.0 Å². The van der Waals surface area contributed by atoms with Crippen molar-refractivity contribution < 1.29 is 4.79 Å². The Bertz CT molecular complexity index is 205. The molecule has 0 radical (unpaired) electrons. The first-order valence-corrected chi connectivity index (χ1v) is 4.67. The van der Waals surface area contributed by atoms with Crippen LogP contribution in [0.1, 0.15) is 26.7 Å². The Morgan fingerprint density at radius 1 is 1.67 bits per heavy atom. The van der Waals surface area contributed by atoms with Crippen molar-refractivity contribution in [1.82, 2.24) is 10.6 Å². The quantitative estimate of drug-likeness (QED) is 0.640. The molecule has 1 aliphatic rings. The van der Waals surface area contributed by atoms with Crippen LogP contribution in [0, 0.1) is 5.92 Å². The maximum Gasteiger partial charge on any atom is 0.248 e. The Kier molecular flexibility index (Phi) is 3.03. The molecule has 2 N–H and O–H groups in total. The summed E-state index contributed by atoms with van der Waals surface area (Å²) in [4.78, 5) is 11.2. The molecule has 3 nitrogen and oxygen atoms in total. The zero-order chi connectivity index (χ0) is 9.14. The lowest BCUT2D eigenvalue weighted by atomic mass is 9.97. The SMILES string of the molecule is CCCC(C)C1NC(=S)NC1=O. The van der Waals surface area contributed by atoms with Crippen molar-refractivity contribution in [2.75, 3.05) is 0 Å². The number of rotatable bonds is 3. The number of hydrogen-bond acceptors (Lipinski definition) is 2. The monoisotopic (exact) mass is 186 g/mol. The summed E-state index contributed by atoms with van der Waals surface area (Å²) >= 11 is 4.83. The van der Waals surface area contributed by atoms with Gasteiger partial charge in [-0.15, -0.1) is 0 Å². The highest BCUT2D eigenvalue weighted by Crippen LogP contribution is 2.13. The fourth-order valence-electron chi connectivity index (χ4n) is 1.46. The van der Waals surface area contributed by atoms with E-state index >= 15 is 0 Å². The first-order valence-electron chi connectivity index (χ1n) is 4.26. The van der Waals surface area contributed by atoms with Gasteiger partial charge in [0.15, 0.2) is 5.11 Å². The predicted octanol–water partition coefficient (Wildman–Crippen LogP) is 0.795. The summed E-state index contributed by atoms with van der Waals surface area (Å²) in [5.41, 5.74) is 0. The lowest BCUT2D eigenvalue weighted by Crippen LogP contribution is -2.35. The zero-order valence-corrected chi connectivity index (χ0v) is 8.20. The summed E-state index contributed by atoms with van der Waals surface area (Å²) in [6.45, 7) is 4.18. The van der Waals surface area contributed by atoms with Gasteiger partial charge in [0.1, 0.15) is 6.04 Å². The van der Waals surface area contributed by atoms with Crippen LogP contribution in [0.4, 0.5) is 0 Å². The van der Waals surface area contributed by atoms with E-state index in [2.05, 4.69) is 24.5 Å². The number of carbonyl (C=O) groups is 1. The van der Waals surface area contributed by atoms with E-state index < -0.39 is 0 Å². The Labute approximate surface area is 77.9 Å². The number of thiocarbonyl (C=S) groups is 1. The van der Waals surface area contributed by atoms with Gasteiger partial charge in [0.05, 0.1) is 0 Å². The van der Waals surface area contributed by atoms with Crippen molar-refractivity contribution in [3.8, 4) is 0 Å². The van der Waals surface area contributed by atoms with Crippen LogP contribution in [0.25, 0.3) is 0 Å². The summed E-state index contributed by atoms with van der Waals surface area (Å²) < 4.78 is 0. The average molecular weight is 186 g/mol. The van der Waals surface area contributed by atoms with Crippen molar-refractivity contribution in [3.63, 3.8) is 0 Å². The maximum atomic E-state index is 11.2. The third-order valence-corrected chi connectivity index (χ3v) is 2.34. The molecule has 1 amide bonds. The van der Waals surface area contributed by atoms with Gasteiger partial charge in [-0.05, 0) is 24.6 Å². The van der Waals surface area contributed by atoms with Crippen molar-refractivity contribution in [3.05, 3.63) is 0 Å². The summed E-state index contributed by atoms with van der Waals surface area (Å²) in [6, 6.07) is -0.113. The fourth-order valence-corrected chi connectivity index (χ4v) is 1.68.